The van der Waals surface area contributed by atoms with Gasteiger partial charge in [0, 0.05) is 56.3 Å². The molecule has 3 heterocycles. The minimum absolute atomic E-state index is 0.154. The molecule has 0 saturated carbocycles. The van der Waals surface area contributed by atoms with Gasteiger partial charge in [0.1, 0.15) is 9.96 Å². The average molecular weight is 659 g/mol. The van der Waals surface area contributed by atoms with Crippen LogP contribution >= 0.6 is 11.3 Å². The number of ether oxygens (including phenoxy) is 2. The normalized spacial score (nSPS) is 20.8. The molecule has 1 aliphatic rings. The molecule has 1 aromatic carbocycles. The van der Waals surface area contributed by atoms with E-state index in [4.69, 9.17) is 9.47 Å². The van der Waals surface area contributed by atoms with Crippen LogP contribution in [0.2, 0.25) is 0 Å². The van der Waals surface area contributed by atoms with Crippen molar-refractivity contribution in [2.24, 2.45) is 5.92 Å². The van der Waals surface area contributed by atoms with Crippen LogP contribution in [0.4, 0.5) is 5.69 Å². The van der Waals surface area contributed by atoms with Crippen molar-refractivity contribution in [2.75, 3.05) is 38.1 Å². The zero-order valence-electron chi connectivity index (χ0n) is 26.1. The number of fused-ring (bicyclic) bond motifs is 1. The molecule has 13 heteroatoms. The van der Waals surface area contributed by atoms with E-state index < -0.39 is 28.1 Å². The number of hydrogen-bond donors (Lipinski definition) is 2. The van der Waals surface area contributed by atoms with Gasteiger partial charge < -0.3 is 24.4 Å². The van der Waals surface area contributed by atoms with Crippen molar-refractivity contribution in [1.82, 2.24) is 14.8 Å². The number of pyridine rings is 1. The van der Waals surface area contributed by atoms with Crippen LogP contribution in [-0.2, 0) is 14.8 Å². The molecule has 4 atom stereocenters. The fourth-order valence-corrected chi connectivity index (χ4v) is 7.18. The monoisotopic (exact) mass is 658 g/mol. The molecule has 11 nitrogen and oxygen atoms in total. The molecule has 45 heavy (non-hydrogen) atoms. The summed E-state index contributed by atoms with van der Waals surface area (Å²) in [6.45, 7) is 6.32. The third-order valence-corrected chi connectivity index (χ3v) is 10.6. The molecule has 0 spiro atoms. The molecule has 0 fully saturated rings. The first-order chi connectivity index (χ1) is 21.5. The largest absolute Gasteiger partial charge is 0.490 e. The highest BCUT2D eigenvalue weighted by Gasteiger charge is 2.31. The van der Waals surface area contributed by atoms with Gasteiger partial charge in [-0.25, -0.2) is 8.42 Å². The number of aromatic nitrogens is 1. The Morgan fingerprint density at radius 3 is 2.64 bits per heavy atom. The van der Waals surface area contributed by atoms with Crippen molar-refractivity contribution < 1.29 is 32.6 Å². The Bertz CT molecular complexity index is 1520. The number of carbonyl (C=O) groups is 2. The van der Waals surface area contributed by atoms with Crippen molar-refractivity contribution in [3.8, 4) is 5.75 Å². The van der Waals surface area contributed by atoms with Gasteiger partial charge in [-0.15, -0.1) is 11.3 Å². The van der Waals surface area contributed by atoms with Gasteiger partial charge in [0.05, 0.1) is 30.4 Å². The Morgan fingerprint density at radius 2 is 1.96 bits per heavy atom. The van der Waals surface area contributed by atoms with Gasteiger partial charge in [-0.05, 0) is 74.9 Å². The number of aliphatic hydroxyl groups excluding tert-OH is 1. The molecule has 2 amide bonds. The van der Waals surface area contributed by atoms with Gasteiger partial charge in [-0.2, -0.15) is 0 Å². The van der Waals surface area contributed by atoms with E-state index in [0.29, 0.717) is 30.9 Å². The number of thiophene rings is 1. The third kappa shape index (κ3) is 9.03. The van der Waals surface area contributed by atoms with E-state index >= 15 is 0 Å². The van der Waals surface area contributed by atoms with E-state index in [1.165, 1.54) is 12.1 Å². The lowest BCUT2D eigenvalue weighted by Gasteiger charge is -2.36. The molecular weight excluding hydrogens is 617 g/mol. The molecule has 4 rings (SSSR count). The summed E-state index contributed by atoms with van der Waals surface area (Å²) in [5, 5.41) is 11.8. The number of anilines is 1. The maximum absolute atomic E-state index is 14.3. The summed E-state index contributed by atoms with van der Waals surface area (Å²) in [5.74, 6) is -0.481. The molecular formula is C32H42N4O7S2. The molecule has 0 radical (unpaired) electrons. The van der Waals surface area contributed by atoms with E-state index in [1.807, 2.05) is 13.8 Å². The second-order valence-corrected chi connectivity index (χ2v) is 14.3. The summed E-state index contributed by atoms with van der Waals surface area (Å²) >= 11 is 1.09. The number of sulfonamides is 1. The molecule has 1 aliphatic heterocycles. The predicted octanol–water partition coefficient (Wildman–Crippen LogP) is 4.51. The summed E-state index contributed by atoms with van der Waals surface area (Å²) in [5.41, 5.74) is 0.915. The van der Waals surface area contributed by atoms with Crippen molar-refractivity contribution in [3.05, 3.63) is 71.4 Å². The summed E-state index contributed by atoms with van der Waals surface area (Å²) in [6.07, 6.45) is 4.83. The number of nitrogens with one attached hydrogen (secondary N) is 1. The number of likely N-dealkylation sites (N-methyl/N-ethyl adjacent to an activating group) is 1. The lowest BCUT2D eigenvalue weighted by molar-refractivity contribution is -0.0149. The molecule has 3 aromatic rings. The topological polar surface area (TPSA) is 138 Å². The average Bonchev–Trinajstić information content (AvgIpc) is 3.59. The van der Waals surface area contributed by atoms with Crippen LogP contribution in [-0.4, -0.2) is 91.7 Å². The Morgan fingerprint density at radius 1 is 1.20 bits per heavy atom. The van der Waals surface area contributed by atoms with Crippen LogP contribution in [0.1, 0.15) is 60.7 Å². The second-order valence-electron chi connectivity index (χ2n) is 11.5. The van der Waals surface area contributed by atoms with E-state index in [-0.39, 0.29) is 46.5 Å². The van der Waals surface area contributed by atoms with Gasteiger partial charge >= 0.3 is 0 Å². The quantitative estimate of drug-likeness (QED) is 0.361. The third-order valence-electron chi connectivity index (χ3n) is 7.79. The van der Waals surface area contributed by atoms with E-state index in [0.717, 1.165) is 24.2 Å². The fraction of sp³-hybridized carbons (Fsp3) is 0.469. The minimum atomic E-state index is -3.85. The Kier molecular flexibility index (Phi) is 12.0. The van der Waals surface area contributed by atoms with Gasteiger partial charge in [0.15, 0.2) is 0 Å². The molecule has 0 aliphatic carbocycles. The Hall–Kier alpha value is -3.52. The summed E-state index contributed by atoms with van der Waals surface area (Å²) in [4.78, 5) is 34.6. The van der Waals surface area contributed by atoms with E-state index in [1.54, 1.807) is 71.9 Å². The van der Waals surface area contributed by atoms with E-state index in [2.05, 4.69) is 9.71 Å². The van der Waals surface area contributed by atoms with Crippen molar-refractivity contribution in [2.45, 2.75) is 62.5 Å². The van der Waals surface area contributed by atoms with Gasteiger partial charge in [0.2, 0.25) is 0 Å². The highest BCUT2D eigenvalue weighted by Crippen LogP contribution is 2.30. The van der Waals surface area contributed by atoms with Crippen LogP contribution < -0.4 is 9.46 Å². The number of benzene rings is 1. The Balaban J connectivity index is 1.65. The molecule has 0 bridgehead atoms. The zero-order chi connectivity index (χ0) is 32.6. The second kappa shape index (κ2) is 15.7. The molecule has 2 N–H and O–H groups in total. The summed E-state index contributed by atoms with van der Waals surface area (Å²) in [6, 6.07) is 10.6. The van der Waals surface area contributed by atoms with Crippen LogP contribution in [0.5, 0.6) is 5.75 Å². The summed E-state index contributed by atoms with van der Waals surface area (Å²) < 4.78 is 41.2. The van der Waals surface area contributed by atoms with Crippen LogP contribution in [0.3, 0.4) is 0 Å². The maximum Gasteiger partial charge on any atom is 0.271 e. The van der Waals surface area contributed by atoms with Gasteiger partial charge in [-0.1, -0.05) is 13.0 Å². The fourth-order valence-electron chi connectivity index (χ4n) is 5.14. The Labute approximate surface area is 269 Å². The number of amides is 2. The molecule has 0 unspecified atom stereocenters. The lowest BCUT2D eigenvalue weighted by Crippen LogP contribution is -2.48. The maximum atomic E-state index is 14.3. The lowest BCUT2D eigenvalue weighted by atomic mass is 10.0. The predicted molar refractivity (Wildman–Crippen MR) is 173 cm³/mol. The standard InChI is InChI=1S/C32H42N4O7S2/c1-22-19-36(23(2)21-37)32(39)27-18-26(34-45(40,41)30-9-7-17-44-30)10-11-28(27)43-24(3)8-5-6-16-42-29(22)20-35(4)31(38)25-12-14-33-15-13-25/h7,9-15,17-18,22-24,29,34,37H,5-6,8,16,19-21H2,1-4H3/t22-,23+,24-,29+/m0/s1. The SMILES string of the molecule is C[C@H](CO)N1C[C@H](C)[C@@H](CN(C)C(=O)c2ccncc2)OCCCC[C@H](C)Oc2ccc(NS(=O)(=O)c3cccs3)cc2C1=O. The number of hydrogen-bond acceptors (Lipinski definition) is 9. The first-order valence-corrected chi connectivity index (χ1v) is 17.4. The summed E-state index contributed by atoms with van der Waals surface area (Å²) in [7, 11) is -2.13. The van der Waals surface area contributed by atoms with Crippen molar-refractivity contribution in [1.29, 1.82) is 0 Å². The smallest absolute Gasteiger partial charge is 0.271 e. The first-order valence-electron chi connectivity index (χ1n) is 15.1. The van der Waals surface area contributed by atoms with Crippen LogP contribution in [0.15, 0.2) is 64.4 Å². The molecule has 0 saturated heterocycles. The molecule has 244 valence electrons. The molecule has 2 aromatic heterocycles. The number of aliphatic hydroxyl groups is 1. The van der Waals surface area contributed by atoms with Gasteiger partial charge in [-0.3, -0.25) is 19.3 Å². The van der Waals surface area contributed by atoms with Crippen LogP contribution in [0.25, 0.3) is 0 Å². The van der Waals surface area contributed by atoms with E-state index in [9.17, 15) is 23.1 Å². The van der Waals surface area contributed by atoms with Crippen molar-refractivity contribution >= 4 is 38.9 Å². The first kappa shape index (κ1) is 34.4. The van der Waals surface area contributed by atoms with Crippen LogP contribution in [0, 0.1) is 5.92 Å². The van der Waals surface area contributed by atoms with Crippen molar-refractivity contribution in [3.63, 3.8) is 0 Å². The number of rotatable bonds is 8. The highest BCUT2D eigenvalue weighted by molar-refractivity contribution is 7.94. The zero-order valence-corrected chi connectivity index (χ0v) is 27.7. The highest BCUT2D eigenvalue weighted by atomic mass is 32.2. The van der Waals surface area contributed by atoms with Gasteiger partial charge in [0.25, 0.3) is 21.8 Å². The number of nitrogens with zero attached hydrogens (tertiary/aromatic N) is 3. The number of carbonyl (C=O) groups excluding carboxylic acids is 2. The minimum Gasteiger partial charge on any atom is -0.490 e.